The zero-order valence-electron chi connectivity index (χ0n) is 13.0. The second-order valence-electron chi connectivity index (χ2n) is 5.09. The highest BCUT2D eigenvalue weighted by Crippen LogP contribution is 2.21. The largest absolute Gasteiger partial charge is 0.338 e. The Balaban J connectivity index is 1.41. The van der Waals surface area contributed by atoms with Crippen LogP contribution < -0.4 is 10.6 Å². The lowest BCUT2D eigenvalue weighted by Gasteiger charge is -2.06. The van der Waals surface area contributed by atoms with Crippen molar-refractivity contribution in [3.05, 3.63) is 59.4 Å². The Morgan fingerprint density at radius 1 is 1.12 bits per heavy atom. The lowest BCUT2D eigenvalue weighted by molar-refractivity contribution is 0.252. The van der Waals surface area contributed by atoms with Crippen LogP contribution in [0.2, 0.25) is 0 Å². The summed E-state index contributed by atoms with van der Waals surface area (Å²) in [6.45, 7) is 0.594. The number of anilines is 1. The summed E-state index contributed by atoms with van der Waals surface area (Å²) in [7, 11) is 0. The number of rotatable bonds is 6. The Kier molecular flexibility index (Phi) is 5.47. The molecule has 6 nitrogen and oxygen atoms in total. The molecule has 0 spiro atoms. The van der Waals surface area contributed by atoms with Gasteiger partial charge in [-0.25, -0.2) is 9.78 Å². The van der Waals surface area contributed by atoms with Crippen LogP contribution in [0.15, 0.2) is 54.4 Å². The van der Waals surface area contributed by atoms with Gasteiger partial charge in [0, 0.05) is 42.5 Å². The van der Waals surface area contributed by atoms with Crippen molar-refractivity contribution in [2.24, 2.45) is 0 Å². The van der Waals surface area contributed by atoms with E-state index in [1.165, 1.54) is 0 Å². The number of hydrogen-bond acceptors (Lipinski definition) is 5. The molecule has 0 aliphatic carbocycles. The molecule has 0 fully saturated rings. The molecular formula is C17H17N5OS. The zero-order valence-corrected chi connectivity index (χ0v) is 13.8. The minimum Gasteiger partial charge on any atom is -0.338 e. The maximum Gasteiger partial charge on any atom is 0.319 e. The van der Waals surface area contributed by atoms with Crippen molar-refractivity contribution in [2.45, 2.75) is 12.8 Å². The Bertz CT molecular complexity index is 776. The normalized spacial score (nSPS) is 10.3. The number of pyridine rings is 2. The van der Waals surface area contributed by atoms with E-state index in [0.29, 0.717) is 12.2 Å². The van der Waals surface area contributed by atoms with Gasteiger partial charge in [0.15, 0.2) is 0 Å². The van der Waals surface area contributed by atoms with Gasteiger partial charge in [0.1, 0.15) is 0 Å². The van der Waals surface area contributed by atoms with E-state index >= 15 is 0 Å². The molecule has 0 unspecified atom stereocenters. The van der Waals surface area contributed by atoms with Crippen molar-refractivity contribution in [1.82, 2.24) is 20.3 Å². The monoisotopic (exact) mass is 339 g/mol. The quantitative estimate of drug-likeness (QED) is 0.675. The maximum absolute atomic E-state index is 11.7. The van der Waals surface area contributed by atoms with E-state index in [2.05, 4.69) is 25.6 Å². The predicted octanol–water partition coefficient (Wildman–Crippen LogP) is 3.35. The van der Waals surface area contributed by atoms with Crippen molar-refractivity contribution in [2.75, 3.05) is 11.9 Å². The SMILES string of the molecule is O=C(NCCCc1nc(-c2ccncc2)cs1)Nc1cccnc1. The fraction of sp³-hybridized carbons (Fsp3) is 0.176. The van der Waals surface area contributed by atoms with E-state index in [0.717, 1.165) is 29.1 Å². The third-order valence-electron chi connectivity index (χ3n) is 3.30. The molecule has 0 bridgehead atoms. The summed E-state index contributed by atoms with van der Waals surface area (Å²) in [5.41, 5.74) is 2.72. The molecule has 3 rings (SSSR count). The van der Waals surface area contributed by atoms with Gasteiger partial charge < -0.3 is 10.6 Å². The van der Waals surface area contributed by atoms with Crippen LogP contribution in [0.3, 0.4) is 0 Å². The van der Waals surface area contributed by atoms with Crippen molar-refractivity contribution in [1.29, 1.82) is 0 Å². The van der Waals surface area contributed by atoms with E-state index in [9.17, 15) is 4.79 Å². The fourth-order valence-corrected chi connectivity index (χ4v) is 2.98. The average molecular weight is 339 g/mol. The van der Waals surface area contributed by atoms with Gasteiger partial charge >= 0.3 is 6.03 Å². The van der Waals surface area contributed by atoms with Gasteiger partial charge in [-0.05, 0) is 30.7 Å². The van der Waals surface area contributed by atoms with Crippen molar-refractivity contribution in [3.8, 4) is 11.3 Å². The van der Waals surface area contributed by atoms with Gasteiger partial charge in [0.2, 0.25) is 0 Å². The van der Waals surface area contributed by atoms with Crippen LogP contribution in [-0.4, -0.2) is 27.5 Å². The molecule has 7 heteroatoms. The highest BCUT2D eigenvalue weighted by atomic mass is 32.1. The molecule has 0 atom stereocenters. The van der Waals surface area contributed by atoms with E-state index < -0.39 is 0 Å². The standard InChI is InChI=1S/C17H17N5OS/c23-17(21-14-3-1-7-19-11-14)20-8-2-4-16-22-15(12-24-16)13-5-9-18-10-6-13/h1,3,5-7,9-12H,2,4,8H2,(H2,20,21,23). The third kappa shape index (κ3) is 4.60. The summed E-state index contributed by atoms with van der Waals surface area (Å²) in [6.07, 6.45) is 8.47. The lowest BCUT2D eigenvalue weighted by Crippen LogP contribution is -2.29. The molecule has 2 N–H and O–H groups in total. The molecule has 3 aromatic rings. The summed E-state index contributed by atoms with van der Waals surface area (Å²) in [5, 5.41) is 8.68. The number of nitrogens with one attached hydrogen (secondary N) is 2. The number of carbonyl (C=O) groups excluding carboxylic acids is 1. The van der Waals surface area contributed by atoms with Crippen LogP contribution in [0.5, 0.6) is 0 Å². The Labute approximate surface area is 144 Å². The predicted molar refractivity (Wildman–Crippen MR) is 94.9 cm³/mol. The lowest BCUT2D eigenvalue weighted by atomic mass is 10.2. The summed E-state index contributed by atoms with van der Waals surface area (Å²) >= 11 is 1.64. The summed E-state index contributed by atoms with van der Waals surface area (Å²) in [5.74, 6) is 0. The molecule has 0 aliphatic rings. The van der Waals surface area contributed by atoms with E-state index in [4.69, 9.17) is 0 Å². The van der Waals surface area contributed by atoms with Gasteiger partial charge in [0.25, 0.3) is 0 Å². The number of carbonyl (C=O) groups is 1. The number of nitrogens with zero attached hydrogens (tertiary/aromatic N) is 3. The summed E-state index contributed by atoms with van der Waals surface area (Å²) in [4.78, 5) is 24.3. The van der Waals surface area contributed by atoms with Gasteiger partial charge in [0.05, 0.1) is 22.6 Å². The first-order valence-corrected chi connectivity index (χ1v) is 8.49. The molecule has 0 saturated heterocycles. The van der Waals surface area contributed by atoms with Crippen LogP contribution in [0.4, 0.5) is 10.5 Å². The Morgan fingerprint density at radius 3 is 2.79 bits per heavy atom. The molecule has 2 amide bonds. The molecule has 3 heterocycles. The second-order valence-corrected chi connectivity index (χ2v) is 6.03. The van der Waals surface area contributed by atoms with Crippen molar-refractivity contribution < 1.29 is 4.79 Å². The molecule has 3 aromatic heterocycles. The van der Waals surface area contributed by atoms with Crippen molar-refractivity contribution in [3.63, 3.8) is 0 Å². The van der Waals surface area contributed by atoms with Crippen LogP contribution >= 0.6 is 11.3 Å². The first-order chi connectivity index (χ1) is 11.8. The van der Waals surface area contributed by atoms with Crippen LogP contribution in [0, 0.1) is 0 Å². The van der Waals surface area contributed by atoms with Crippen LogP contribution in [0.25, 0.3) is 11.3 Å². The topological polar surface area (TPSA) is 79.8 Å². The van der Waals surface area contributed by atoms with Gasteiger partial charge in [-0.3, -0.25) is 9.97 Å². The van der Waals surface area contributed by atoms with Gasteiger partial charge in [-0.1, -0.05) is 0 Å². The Morgan fingerprint density at radius 2 is 2.00 bits per heavy atom. The molecule has 0 saturated carbocycles. The maximum atomic E-state index is 11.7. The minimum absolute atomic E-state index is 0.223. The molecule has 0 aromatic carbocycles. The number of hydrogen-bond donors (Lipinski definition) is 2. The number of aromatic nitrogens is 3. The van der Waals surface area contributed by atoms with Crippen molar-refractivity contribution >= 4 is 23.1 Å². The average Bonchev–Trinajstić information content (AvgIpc) is 3.09. The van der Waals surface area contributed by atoms with E-state index in [1.807, 2.05) is 17.5 Å². The molecule has 24 heavy (non-hydrogen) atoms. The molecule has 0 aliphatic heterocycles. The highest BCUT2D eigenvalue weighted by molar-refractivity contribution is 7.09. The first-order valence-electron chi connectivity index (χ1n) is 7.61. The van der Waals surface area contributed by atoms with Crippen LogP contribution in [-0.2, 0) is 6.42 Å². The fourth-order valence-electron chi connectivity index (χ4n) is 2.13. The summed E-state index contributed by atoms with van der Waals surface area (Å²) in [6, 6.07) is 7.24. The van der Waals surface area contributed by atoms with Gasteiger partial charge in [-0.15, -0.1) is 11.3 Å². The zero-order chi connectivity index (χ0) is 16.6. The van der Waals surface area contributed by atoms with E-state index in [1.54, 1.807) is 48.3 Å². The number of amides is 2. The molecule has 0 radical (unpaired) electrons. The summed E-state index contributed by atoms with van der Waals surface area (Å²) < 4.78 is 0. The number of thiazole rings is 1. The molecular weight excluding hydrogens is 322 g/mol. The first kappa shape index (κ1) is 16.1. The molecule has 122 valence electrons. The van der Waals surface area contributed by atoms with E-state index in [-0.39, 0.29) is 6.03 Å². The smallest absolute Gasteiger partial charge is 0.319 e. The third-order valence-corrected chi connectivity index (χ3v) is 4.21. The van der Waals surface area contributed by atoms with Crippen LogP contribution in [0.1, 0.15) is 11.4 Å². The highest BCUT2D eigenvalue weighted by Gasteiger charge is 2.05. The van der Waals surface area contributed by atoms with Gasteiger partial charge in [-0.2, -0.15) is 0 Å². The Hall–Kier alpha value is -2.80. The minimum atomic E-state index is -0.223. The number of aryl methyl sites for hydroxylation is 1. The number of urea groups is 1. The second kappa shape index (κ2) is 8.16.